The van der Waals surface area contributed by atoms with Crippen LogP contribution in [0.4, 0.5) is 4.79 Å². The van der Waals surface area contributed by atoms with E-state index in [-0.39, 0.29) is 18.5 Å². The van der Waals surface area contributed by atoms with E-state index in [9.17, 15) is 14.7 Å². The van der Waals surface area contributed by atoms with Crippen LogP contribution in [-0.2, 0) is 11.3 Å². The molecule has 3 heterocycles. The number of hydrogen-bond acceptors (Lipinski definition) is 8. The molecule has 1 aromatic heterocycles. The number of halogens is 2. The van der Waals surface area contributed by atoms with E-state index in [1.807, 2.05) is 17.0 Å². The number of guanidine groups is 1. The first-order valence-corrected chi connectivity index (χ1v) is 16.2. The summed E-state index contributed by atoms with van der Waals surface area (Å²) in [5.41, 5.74) is 6.67. The Morgan fingerprint density at radius 2 is 1.77 bits per heavy atom. The number of primary amides is 1. The van der Waals surface area contributed by atoms with Crippen LogP contribution in [0.1, 0.15) is 31.7 Å². The van der Waals surface area contributed by atoms with Gasteiger partial charge in [0.15, 0.2) is 0 Å². The number of urea groups is 1. The lowest BCUT2D eigenvalue weighted by Gasteiger charge is -2.38. The van der Waals surface area contributed by atoms with Gasteiger partial charge in [-0.05, 0) is 56.3 Å². The van der Waals surface area contributed by atoms with Gasteiger partial charge in [-0.1, -0.05) is 23.2 Å². The third-order valence-electron chi connectivity index (χ3n) is 8.12. The number of aromatic nitrogens is 1. The zero-order chi connectivity index (χ0) is 34.0. The average Bonchev–Trinajstić information content (AvgIpc) is 3.04. The maximum atomic E-state index is 11.6. The van der Waals surface area contributed by atoms with Crippen LogP contribution in [0, 0.1) is 0 Å². The van der Waals surface area contributed by atoms with Gasteiger partial charge >= 0.3 is 6.03 Å². The molecule has 0 bridgehead atoms. The fourth-order valence-corrected chi connectivity index (χ4v) is 5.98. The second kappa shape index (κ2) is 16.9. The van der Waals surface area contributed by atoms with E-state index in [4.69, 9.17) is 38.7 Å². The van der Waals surface area contributed by atoms with Crippen molar-refractivity contribution in [1.82, 2.24) is 30.3 Å². The number of aliphatic imine (C=N–C) groups is 2. The van der Waals surface area contributed by atoms with E-state index < -0.39 is 5.60 Å². The normalized spacial score (nSPS) is 17.7. The molecule has 3 amide bonds. The van der Waals surface area contributed by atoms with Crippen LogP contribution < -0.4 is 21.1 Å². The highest BCUT2D eigenvalue weighted by Crippen LogP contribution is 2.30. The van der Waals surface area contributed by atoms with Gasteiger partial charge in [-0.15, -0.1) is 0 Å². The molecule has 0 saturated carbocycles. The summed E-state index contributed by atoms with van der Waals surface area (Å²) in [6.07, 6.45) is 2.96. The summed E-state index contributed by atoms with van der Waals surface area (Å²) < 4.78 is 6.16. The van der Waals surface area contributed by atoms with Crippen molar-refractivity contribution in [3.05, 3.63) is 57.9 Å². The molecule has 0 atom stereocenters. The Balaban J connectivity index is 1.47. The van der Waals surface area contributed by atoms with Crippen LogP contribution in [0.2, 0.25) is 10.0 Å². The molecular formula is C32H43Cl2N9O4. The average molecular weight is 689 g/mol. The molecule has 2 aliphatic heterocycles. The van der Waals surface area contributed by atoms with E-state index in [1.54, 1.807) is 38.4 Å². The Labute approximate surface area is 285 Å². The van der Waals surface area contributed by atoms with Crippen molar-refractivity contribution in [1.29, 1.82) is 0 Å². The number of nitrogens with two attached hydrogens (primary N) is 1. The Morgan fingerprint density at radius 1 is 1.09 bits per heavy atom. The number of benzene rings is 1. The molecule has 1 aromatic carbocycles. The number of ether oxygens (including phenoxy) is 1. The van der Waals surface area contributed by atoms with Crippen molar-refractivity contribution < 1.29 is 19.4 Å². The highest BCUT2D eigenvalue weighted by atomic mass is 35.5. The molecule has 2 saturated heterocycles. The molecule has 2 fully saturated rings. The summed E-state index contributed by atoms with van der Waals surface area (Å²) in [7, 11) is 1.54. The number of hydrogen-bond donors (Lipinski definition) is 4. The van der Waals surface area contributed by atoms with Gasteiger partial charge in [0, 0.05) is 94.0 Å². The number of piperidine rings is 1. The van der Waals surface area contributed by atoms with Gasteiger partial charge in [0.25, 0.3) is 0 Å². The van der Waals surface area contributed by atoms with E-state index in [1.165, 1.54) is 0 Å². The van der Waals surface area contributed by atoms with Crippen molar-refractivity contribution in [2.45, 2.75) is 38.3 Å². The summed E-state index contributed by atoms with van der Waals surface area (Å²) in [5.74, 6) is 1.04. The Bertz CT molecular complexity index is 1470. The van der Waals surface area contributed by atoms with Crippen molar-refractivity contribution >= 4 is 47.8 Å². The smallest absolute Gasteiger partial charge is 0.314 e. The van der Waals surface area contributed by atoms with Crippen molar-refractivity contribution in [3.8, 4) is 17.1 Å². The molecule has 0 unspecified atom stereocenters. The number of likely N-dealkylation sites (tertiary alicyclic amines) is 1. The van der Waals surface area contributed by atoms with Crippen LogP contribution in [-0.4, -0.2) is 114 Å². The molecule has 15 heteroatoms. The van der Waals surface area contributed by atoms with Crippen molar-refractivity contribution in [3.63, 3.8) is 0 Å². The van der Waals surface area contributed by atoms with E-state index in [0.29, 0.717) is 91.9 Å². The number of aliphatic hydroxyl groups is 1. The number of amides is 3. The third-order valence-corrected chi connectivity index (χ3v) is 8.55. The van der Waals surface area contributed by atoms with Crippen LogP contribution in [0.3, 0.4) is 0 Å². The van der Waals surface area contributed by atoms with Crippen molar-refractivity contribution in [2.24, 2.45) is 15.7 Å². The van der Waals surface area contributed by atoms with Gasteiger partial charge in [0.05, 0.1) is 17.5 Å². The van der Waals surface area contributed by atoms with E-state index in [2.05, 4.69) is 37.1 Å². The van der Waals surface area contributed by atoms with Gasteiger partial charge in [-0.2, -0.15) is 0 Å². The highest BCUT2D eigenvalue weighted by molar-refractivity contribution is 6.35. The highest BCUT2D eigenvalue weighted by Gasteiger charge is 2.32. The lowest BCUT2D eigenvalue weighted by molar-refractivity contribution is -0.118. The largest absolute Gasteiger partial charge is 0.442 e. The van der Waals surface area contributed by atoms with Gasteiger partial charge in [0.1, 0.15) is 5.76 Å². The predicted octanol–water partition coefficient (Wildman–Crippen LogP) is 3.10. The maximum Gasteiger partial charge on any atom is 0.314 e. The van der Waals surface area contributed by atoms with E-state index >= 15 is 0 Å². The van der Waals surface area contributed by atoms with Gasteiger partial charge in [-0.25, -0.2) is 19.8 Å². The number of rotatable bonds is 11. The zero-order valence-corrected chi connectivity index (χ0v) is 28.4. The number of pyridine rings is 1. The summed E-state index contributed by atoms with van der Waals surface area (Å²) in [6.45, 7) is 11.1. The van der Waals surface area contributed by atoms with Crippen LogP contribution >= 0.6 is 23.2 Å². The second-order valence-corrected chi connectivity index (χ2v) is 12.6. The lowest BCUT2D eigenvalue weighted by atomic mass is 9.91. The number of allylic oxidation sites excluding steroid dienone is 1. The Kier molecular flexibility index (Phi) is 13.0. The maximum absolute atomic E-state index is 11.6. The number of carbonyl (C=O) groups excluding carboxylic acids is 2. The molecule has 5 N–H and O–H groups in total. The summed E-state index contributed by atoms with van der Waals surface area (Å²) >= 11 is 12.6. The SMILES string of the molecule is C=N/C(=N\C=C(/C)Oc1cc(CN2CCC(O)(CNC(=O)NC)CC2)cc(-c2cc(Cl)cc(Cl)c2)n1)N1CCN(CCC(N)=O)CC1. The number of carbonyl (C=O) groups is 2. The lowest BCUT2D eigenvalue weighted by Crippen LogP contribution is -2.51. The number of nitrogens with one attached hydrogen (secondary N) is 2. The molecule has 0 radical (unpaired) electrons. The fourth-order valence-electron chi connectivity index (χ4n) is 5.45. The first-order valence-electron chi connectivity index (χ1n) is 15.5. The first-order chi connectivity index (χ1) is 22.4. The standard InChI is InChI=1S/C32H43Cl2N9O4/c1-22(19-38-30(36-2)43-12-10-41(11-13-43)7-4-28(35)44)47-29-15-23(14-27(40-29)24-16-25(33)18-26(34)17-24)20-42-8-5-32(46,6-9-42)21-39-31(45)37-3/h14-19,46H,2,4-13,20-21H2,1,3H3,(H2,35,44)(H2,37,39,45)/b22-19+,38-30+. The minimum Gasteiger partial charge on any atom is -0.442 e. The number of piperazine rings is 1. The van der Waals surface area contributed by atoms with E-state index in [0.717, 1.165) is 24.2 Å². The third kappa shape index (κ3) is 11.2. The molecule has 13 nitrogen and oxygen atoms in total. The van der Waals surface area contributed by atoms with Crippen LogP contribution in [0.15, 0.2) is 52.3 Å². The summed E-state index contributed by atoms with van der Waals surface area (Å²) in [4.78, 5) is 42.6. The topological polar surface area (TPSA) is 161 Å². The first kappa shape index (κ1) is 36.1. The molecule has 0 aliphatic carbocycles. The number of nitrogens with zero attached hydrogens (tertiary/aromatic N) is 6. The molecule has 2 aromatic rings. The quantitative estimate of drug-likeness (QED) is 0.159. The molecule has 47 heavy (non-hydrogen) atoms. The van der Waals surface area contributed by atoms with Gasteiger partial charge < -0.3 is 31.1 Å². The Hall–Kier alpha value is -3.75. The van der Waals surface area contributed by atoms with Gasteiger partial charge in [-0.3, -0.25) is 14.6 Å². The fraction of sp³-hybridized carbons (Fsp3) is 0.469. The molecule has 2 aliphatic rings. The monoisotopic (exact) mass is 687 g/mol. The van der Waals surface area contributed by atoms with Gasteiger partial charge in [0.2, 0.25) is 17.7 Å². The molecule has 4 rings (SSSR count). The van der Waals surface area contributed by atoms with Crippen LogP contribution in [0.5, 0.6) is 5.88 Å². The molecular weight excluding hydrogens is 645 g/mol. The summed E-state index contributed by atoms with van der Waals surface area (Å²) in [6, 6.07) is 8.80. The second-order valence-electron chi connectivity index (χ2n) is 11.8. The van der Waals surface area contributed by atoms with Crippen LogP contribution in [0.25, 0.3) is 11.3 Å². The van der Waals surface area contributed by atoms with Crippen molar-refractivity contribution in [2.75, 3.05) is 59.4 Å². The predicted molar refractivity (Wildman–Crippen MR) is 185 cm³/mol. The molecule has 254 valence electrons. The summed E-state index contributed by atoms with van der Waals surface area (Å²) in [5, 5.41) is 17.2. The Morgan fingerprint density at radius 3 is 2.38 bits per heavy atom. The molecule has 0 spiro atoms. The minimum atomic E-state index is -0.960. The zero-order valence-electron chi connectivity index (χ0n) is 26.8. The minimum absolute atomic E-state index is 0.192.